The predicted octanol–water partition coefficient (Wildman–Crippen LogP) is 0.481. The van der Waals surface area contributed by atoms with Crippen LogP contribution in [0.25, 0.3) is 0 Å². The van der Waals surface area contributed by atoms with Crippen LogP contribution < -0.4 is 16.4 Å². The van der Waals surface area contributed by atoms with Gasteiger partial charge in [-0.1, -0.05) is 30.3 Å². The zero-order valence-corrected chi connectivity index (χ0v) is 10.6. The van der Waals surface area contributed by atoms with Crippen molar-refractivity contribution in [1.82, 2.24) is 10.6 Å². The molecule has 1 atom stereocenters. The summed E-state index contributed by atoms with van der Waals surface area (Å²) in [4.78, 5) is 8.61. The molecule has 5 nitrogen and oxygen atoms in total. The molecule has 0 fully saturated rings. The van der Waals surface area contributed by atoms with Crippen LogP contribution in [0.4, 0.5) is 0 Å². The molecule has 0 saturated heterocycles. The van der Waals surface area contributed by atoms with Gasteiger partial charge in [0.25, 0.3) is 0 Å². The lowest BCUT2D eigenvalue weighted by Gasteiger charge is -2.10. The quantitative estimate of drug-likeness (QED) is 0.725. The van der Waals surface area contributed by atoms with E-state index in [1.165, 1.54) is 5.56 Å². The molecule has 0 aliphatic carbocycles. The summed E-state index contributed by atoms with van der Waals surface area (Å²) >= 11 is 0. The molecule has 1 unspecified atom stereocenters. The molecule has 18 heavy (non-hydrogen) atoms. The zero-order valence-electron chi connectivity index (χ0n) is 10.6. The van der Waals surface area contributed by atoms with Gasteiger partial charge in [0.1, 0.15) is 0 Å². The zero-order chi connectivity index (χ0) is 12.8. The second-order valence-electron chi connectivity index (χ2n) is 4.34. The van der Waals surface area contributed by atoms with E-state index < -0.39 is 0 Å². The minimum absolute atomic E-state index is 0.151. The number of aliphatic imine (C=N–C) groups is 2. The van der Waals surface area contributed by atoms with E-state index in [-0.39, 0.29) is 6.04 Å². The average Bonchev–Trinajstić information content (AvgIpc) is 2.52. The van der Waals surface area contributed by atoms with Crippen molar-refractivity contribution in [2.75, 3.05) is 13.1 Å². The van der Waals surface area contributed by atoms with Crippen molar-refractivity contribution in [2.45, 2.75) is 19.4 Å². The fraction of sp³-hybridized carbons (Fsp3) is 0.385. The van der Waals surface area contributed by atoms with E-state index in [1.807, 2.05) is 25.1 Å². The van der Waals surface area contributed by atoms with E-state index in [9.17, 15) is 0 Å². The van der Waals surface area contributed by atoms with Crippen LogP contribution in [0.15, 0.2) is 40.3 Å². The second kappa shape index (κ2) is 6.05. The van der Waals surface area contributed by atoms with Crippen LogP contribution in [0.3, 0.4) is 0 Å². The number of rotatable bonds is 3. The van der Waals surface area contributed by atoms with Gasteiger partial charge in [-0.15, -0.1) is 0 Å². The third kappa shape index (κ3) is 3.76. The Balaban J connectivity index is 1.84. The third-order valence-corrected chi connectivity index (χ3v) is 2.67. The standard InChI is InChI=1S/C13H19N5/c1-10-9-16-12(14)18-13(17-10)15-8-7-11-5-3-2-4-6-11/h2-6,10H,7-9H2,1H3,(H4,14,15,16,17,18). The monoisotopic (exact) mass is 245 g/mol. The SMILES string of the molecule is CC1CN=C(N)NC(NCCc2ccccc2)=N1. The van der Waals surface area contributed by atoms with E-state index in [1.54, 1.807) is 0 Å². The lowest BCUT2D eigenvalue weighted by Crippen LogP contribution is -2.44. The van der Waals surface area contributed by atoms with Crippen LogP contribution in [-0.2, 0) is 6.42 Å². The van der Waals surface area contributed by atoms with Gasteiger partial charge in [0.15, 0.2) is 11.9 Å². The van der Waals surface area contributed by atoms with Gasteiger partial charge < -0.3 is 11.1 Å². The Morgan fingerprint density at radius 2 is 2.17 bits per heavy atom. The molecule has 1 aliphatic rings. The van der Waals surface area contributed by atoms with Crippen LogP contribution in [0.1, 0.15) is 12.5 Å². The lowest BCUT2D eigenvalue weighted by molar-refractivity contribution is 0.747. The van der Waals surface area contributed by atoms with E-state index in [2.05, 4.69) is 32.8 Å². The highest BCUT2D eigenvalue weighted by molar-refractivity contribution is 5.98. The normalized spacial score (nSPS) is 19.3. The number of hydrogen-bond donors (Lipinski definition) is 3. The van der Waals surface area contributed by atoms with Crippen molar-refractivity contribution in [3.05, 3.63) is 35.9 Å². The molecule has 0 amide bonds. The van der Waals surface area contributed by atoms with E-state index in [0.29, 0.717) is 18.5 Å². The third-order valence-electron chi connectivity index (χ3n) is 2.67. The van der Waals surface area contributed by atoms with Crippen molar-refractivity contribution < 1.29 is 0 Å². The van der Waals surface area contributed by atoms with Crippen molar-refractivity contribution >= 4 is 11.9 Å². The van der Waals surface area contributed by atoms with Gasteiger partial charge in [0.05, 0.1) is 12.6 Å². The van der Waals surface area contributed by atoms with Crippen molar-refractivity contribution in [3.63, 3.8) is 0 Å². The largest absolute Gasteiger partial charge is 0.370 e. The summed E-state index contributed by atoms with van der Waals surface area (Å²) in [6.07, 6.45) is 0.951. The van der Waals surface area contributed by atoms with E-state index in [0.717, 1.165) is 13.0 Å². The first-order chi connectivity index (χ1) is 8.74. The minimum Gasteiger partial charge on any atom is -0.370 e. The van der Waals surface area contributed by atoms with E-state index >= 15 is 0 Å². The van der Waals surface area contributed by atoms with Crippen molar-refractivity contribution in [1.29, 1.82) is 0 Å². The molecule has 96 valence electrons. The molecule has 1 aromatic rings. The summed E-state index contributed by atoms with van der Waals surface area (Å²) in [7, 11) is 0. The molecular weight excluding hydrogens is 226 g/mol. The molecule has 0 radical (unpaired) electrons. The Morgan fingerprint density at radius 1 is 1.39 bits per heavy atom. The van der Waals surface area contributed by atoms with Crippen molar-refractivity contribution in [3.8, 4) is 0 Å². The Hall–Kier alpha value is -2.04. The summed E-state index contributed by atoms with van der Waals surface area (Å²) in [6, 6.07) is 10.5. The van der Waals surface area contributed by atoms with Gasteiger partial charge in [-0.2, -0.15) is 0 Å². The lowest BCUT2D eigenvalue weighted by atomic mass is 10.1. The summed E-state index contributed by atoms with van der Waals surface area (Å²) in [5.41, 5.74) is 6.99. The second-order valence-corrected chi connectivity index (χ2v) is 4.34. The number of nitrogens with one attached hydrogen (secondary N) is 2. The molecule has 0 saturated carbocycles. The number of hydrogen-bond acceptors (Lipinski definition) is 5. The number of guanidine groups is 2. The number of benzene rings is 1. The van der Waals surface area contributed by atoms with Gasteiger partial charge in [-0.3, -0.25) is 10.3 Å². The molecule has 0 aromatic heterocycles. The average molecular weight is 245 g/mol. The van der Waals surface area contributed by atoms with Gasteiger partial charge in [-0.25, -0.2) is 4.99 Å². The first kappa shape index (κ1) is 12.4. The Labute approximate surface area is 107 Å². The molecule has 0 bridgehead atoms. The molecule has 0 spiro atoms. The van der Waals surface area contributed by atoms with Gasteiger partial charge in [-0.05, 0) is 18.9 Å². The molecule has 5 heteroatoms. The van der Waals surface area contributed by atoms with Gasteiger partial charge in [0, 0.05) is 6.54 Å². The summed E-state index contributed by atoms with van der Waals surface area (Å²) in [5, 5.41) is 6.21. The topological polar surface area (TPSA) is 74.8 Å². The van der Waals surface area contributed by atoms with Gasteiger partial charge >= 0.3 is 0 Å². The van der Waals surface area contributed by atoms with Crippen LogP contribution >= 0.6 is 0 Å². The fourth-order valence-electron chi connectivity index (χ4n) is 1.74. The highest BCUT2D eigenvalue weighted by Gasteiger charge is 2.08. The molecule has 1 aromatic carbocycles. The molecule has 1 aliphatic heterocycles. The van der Waals surface area contributed by atoms with Crippen LogP contribution in [0, 0.1) is 0 Å². The molecule has 1 heterocycles. The maximum atomic E-state index is 5.69. The van der Waals surface area contributed by atoms with Crippen LogP contribution in [-0.4, -0.2) is 31.1 Å². The minimum atomic E-state index is 0.151. The Kier molecular flexibility index (Phi) is 4.17. The first-order valence-electron chi connectivity index (χ1n) is 6.16. The summed E-state index contributed by atoms with van der Waals surface area (Å²) in [5.74, 6) is 1.13. The molecule has 2 rings (SSSR count). The highest BCUT2D eigenvalue weighted by Crippen LogP contribution is 1.98. The maximum absolute atomic E-state index is 5.69. The Morgan fingerprint density at radius 3 is 2.94 bits per heavy atom. The number of nitrogens with two attached hydrogens (primary N) is 1. The first-order valence-corrected chi connectivity index (χ1v) is 6.16. The van der Waals surface area contributed by atoms with Gasteiger partial charge in [0.2, 0.25) is 0 Å². The van der Waals surface area contributed by atoms with Crippen LogP contribution in [0.2, 0.25) is 0 Å². The maximum Gasteiger partial charge on any atom is 0.198 e. The van der Waals surface area contributed by atoms with E-state index in [4.69, 9.17) is 5.73 Å². The predicted molar refractivity (Wildman–Crippen MR) is 74.7 cm³/mol. The molecule has 4 N–H and O–H groups in total. The number of nitrogens with zero attached hydrogens (tertiary/aromatic N) is 2. The Bertz CT molecular complexity index is 438. The fourth-order valence-corrected chi connectivity index (χ4v) is 1.74. The smallest absolute Gasteiger partial charge is 0.198 e. The summed E-state index contributed by atoms with van der Waals surface area (Å²) in [6.45, 7) is 3.46. The van der Waals surface area contributed by atoms with Crippen LogP contribution in [0.5, 0.6) is 0 Å². The molecular formula is C13H19N5. The highest BCUT2D eigenvalue weighted by atomic mass is 15.3. The summed E-state index contributed by atoms with van der Waals surface area (Å²) < 4.78 is 0. The van der Waals surface area contributed by atoms with Crippen molar-refractivity contribution in [2.24, 2.45) is 15.7 Å².